The lowest BCUT2D eigenvalue weighted by molar-refractivity contribution is 0.0696. The Balaban J connectivity index is 2.94. The van der Waals surface area contributed by atoms with Crippen LogP contribution in [0.5, 0.6) is 0 Å². The number of aliphatic hydroxyl groups is 1. The van der Waals surface area contributed by atoms with Gasteiger partial charge >= 0.3 is 5.97 Å². The van der Waals surface area contributed by atoms with Gasteiger partial charge in [0.2, 0.25) is 10.0 Å². The molecule has 1 rings (SSSR count). The second-order valence-electron chi connectivity index (χ2n) is 4.57. The van der Waals surface area contributed by atoms with Crippen molar-refractivity contribution in [2.45, 2.75) is 31.1 Å². The summed E-state index contributed by atoms with van der Waals surface area (Å²) in [4.78, 5) is 11.0. The number of carboxylic acid groups (broad SMARTS) is 1. The van der Waals surface area contributed by atoms with E-state index in [-0.39, 0.29) is 23.6 Å². The summed E-state index contributed by atoms with van der Waals surface area (Å²) < 4.78 is 27.4. The van der Waals surface area contributed by atoms with Crippen molar-refractivity contribution in [3.8, 4) is 0 Å². The molecule has 0 spiro atoms. The van der Waals surface area contributed by atoms with Crippen LogP contribution in [0.1, 0.15) is 35.2 Å². The van der Waals surface area contributed by atoms with E-state index in [1.807, 2.05) is 0 Å². The van der Waals surface area contributed by atoms with E-state index in [1.165, 1.54) is 6.07 Å². The van der Waals surface area contributed by atoms with Crippen molar-refractivity contribution in [3.63, 3.8) is 0 Å². The minimum atomic E-state index is -3.76. The summed E-state index contributed by atoms with van der Waals surface area (Å²) >= 11 is 3.18. The van der Waals surface area contributed by atoms with Crippen molar-refractivity contribution in [1.82, 2.24) is 4.72 Å². The Kier molecular flexibility index (Phi) is 6.79. The largest absolute Gasteiger partial charge is 0.478 e. The highest BCUT2D eigenvalue weighted by atomic mass is 79.9. The van der Waals surface area contributed by atoms with Gasteiger partial charge < -0.3 is 10.2 Å². The van der Waals surface area contributed by atoms with E-state index in [0.29, 0.717) is 22.9 Å². The third kappa shape index (κ3) is 5.06. The average Bonchev–Trinajstić information content (AvgIpc) is 2.40. The van der Waals surface area contributed by atoms with E-state index < -0.39 is 16.0 Å². The SMILES string of the molecule is Cc1c(Br)cc(C(=O)O)cc1S(=O)(=O)NCCCCCO. The summed E-state index contributed by atoms with van der Waals surface area (Å²) in [5.74, 6) is -1.19. The Morgan fingerprint density at radius 2 is 1.95 bits per heavy atom. The Bertz CT molecular complexity index is 615. The van der Waals surface area contributed by atoms with E-state index in [4.69, 9.17) is 10.2 Å². The lowest BCUT2D eigenvalue weighted by atomic mass is 10.1. The van der Waals surface area contributed by atoms with Crippen LogP contribution in [-0.2, 0) is 10.0 Å². The van der Waals surface area contributed by atoms with Gasteiger partial charge in [-0.2, -0.15) is 0 Å². The van der Waals surface area contributed by atoms with Gasteiger partial charge in [0.1, 0.15) is 0 Å². The quantitative estimate of drug-likeness (QED) is 0.598. The van der Waals surface area contributed by atoms with E-state index in [1.54, 1.807) is 6.92 Å². The molecule has 0 aromatic heterocycles. The van der Waals surface area contributed by atoms with Crippen LogP contribution in [0, 0.1) is 6.92 Å². The van der Waals surface area contributed by atoms with Gasteiger partial charge in [0, 0.05) is 17.6 Å². The Morgan fingerprint density at radius 1 is 1.29 bits per heavy atom. The molecule has 1 aromatic rings. The number of sulfonamides is 1. The highest BCUT2D eigenvalue weighted by Crippen LogP contribution is 2.25. The molecule has 0 fully saturated rings. The first-order chi connectivity index (χ1) is 9.79. The van der Waals surface area contributed by atoms with Gasteiger partial charge in [-0.05, 0) is 43.9 Å². The fourth-order valence-corrected chi connectivity index (χ4v) is 3.71. The molecule has 3 N–H and O–H groups in total. The minimum Gasteiger partial charge on any atom is -0.478 e. The number of benzene rings is 1. The molecule has 0 amide bonds. The first-order valence-electron chi connectivity index (χ1n) is 6.43. The van der Waals surface area contributed by atoms with Gasteiger partial charge in [-0.1, -0.05) is 15.9 Å². The van der Waals surface area contributed by atoms with Gasteiger partial charge in [-0.15, -0.1) is 0 Å². The predicted octanol–water partition coefficient (Wildman–Crippen LogP) is 1.90. The van der Waals surface area contributed by atoms with Crippen LogP contribution in [-0.4, -0.2) is 37.8 Å². The number of hydrogen-bond donors (Lipinski definition) is 3. The van der Waals surface area contributed by atoms with Crippen LogP contribution >= 0.6 is 15.9 Å². The molecule has 0 atom stereocenters. The Labute approximate surface area is 132 Å². The number of nitrogens with one attached hydrogen (secondary N) is 1. The molecule has 0 aliphatic carbocycles. The zero-order chi connectivity index (χ0) is 16.0. The maximum absolute atomic E-state index is 12.2. The van der Waals surface area contributed by atoms with Crippen LogP contribution in [0.4, 0.5) is 0 Å². The molecular formula is C13H18BrNO5S. The molecule has 0 saturated carbocycles. The summed E-state index contributed by atoms with van der Waals surface area (Å²) in [5, 5.41) is 17.7. The third-order valence-corrected chi connectivity index (χ3v) is 5.37. The van der Waals surface area contributed by atoms with E-state index >= 15 is 0 Å². The summed E-state index contributed by atoms with van der Waals surface area (Å²) in [6.45, 7) is 1.94. The zero-order valence-electron chi connectivity index (χ0n) is 11.6. The number of hydrogen-bond acceptors (Lipinski definition) is 4. The number of carboxylic acids is 1. The number of rotatable bonds is 8. The van der Waals surface area contributed by atoms with Crippen molar-refractivity contribution in [2.75, 3.05) is 13.2 Å². The number of aliphatic hydroxyl groups excluding tert-OH is 1. The molecule has 118 valence electrons. The third-order valence-electron chi connectivity index (χ3n) is 2.96. The van der Waals surface area contributed by atoms with Crippen molar-refractivity contribution < 1.29 is 23.4 Å². The van der Waals surface area contributed by atoms with Crippen LogP contribution in [0.2, 0.25) is 0 Å². The summed E-state index contributed by atoms with van der Waals surface area (Å²) in [6.07, 6.45) is 1.95. The first-order valence-corrected chi connectivity index (χ1v) is 8.71. The molecule has 0 saturated heterocycles. The van der Waals surface area contributed by atoms with Crippen molar-refractivity contribution >= 4 is 31.9 Å². The second-order valence-corrected chi connectivity index (χ2v) is 7.16. The second kappa shape index (κ2) is 7.88. The molecule has 1 aromatic carbocycles. The molecule has 8 heteroatoms. The fraction of sp³-hybridized carbons (Fsp3) is 0.462. The van der Waals surface area contributed by atoms with E-state index in [2.05, 4.69) is 20.7 Å². The minimum absolute atomic E-state index is 0.0450. The van der Waals surface area contributed by atoms with Gasteiger partial charge in [-0.25, -0.2) is 17.9 Å². The fourth-order valence-electron chi connectivity index (χ4n) is 1.75. The monoisotopic (exact) mass is 379 g/mol. The summed E-state index contributed by atoms with van der Waals surface area (Å²) in [5.41, 5.74) is 0.371. The molecule has 0 bridgehead atoms. The van der Waals surface area contributed by atoms with Crippen LogP contribution < -0.4 is 4.72 Å². The number of carbonyl (C=O) groups is 1. The van der Waals surface area contributed by atoms with Crippen molar-refractivity contribution in [1.29, 1.82) is 0 Å². The highest BCUT2D eigenvalue weighted by Gasteiger charge is 2.20. The van der Waals surface area contributed by atoms with Crippen molar-refractivity contribution in [3.05, 3.63) is 27.7 Å². The smallest absolute Gasteiger partial charge is 0.335 e. The molecule has 6 nitrogen and oxygen atoms in total. The van der Waals surface area contributed by atoms with Gasteiger partial charge in [0.25, 0.3) is 0 Å². The number of aromatic carboxylic acids is 1. The lowest BCUT2D eigenvalue weighted by Crippen LogP contribution is -2.26. The maximum atomic E-state index is 12.2. The highest BCUT2D eigenvalue weighted by molar-refractivity contribution is 9.10. The van der Waals surface area contributed by atoms with E-state index in [0.717, 1.165) is 12.5 Å². The molecular weight excluding hydrogens is 362 g/mol. The molecule has 0 aliphatic heterocycles. The van der Waals surface area contributed by atoms with Crippen LogP contribution in [0.15, 0.2) is 21.5 Å². The topological polar surface area (TPSA) is 104 Å². The molecule has 0 aliphatic rings. The Morgan fingerprint density at radius 3 is 2.52 bits per heavy atom. The van der Waals surface area contributed by atoms with E-state index in [9.17, 15) is 13.2 Å². The normalized spacial score (nSPS) is 11.6. The van der Waals surface area contributed by atoms with Gasteiger partial charge in [-0.3, -0.25) is 0 Å². The molecule has 0 heterocycles. The predicted molar refractivity (Wildman–Crippen MR) is 82.0 cm³/mol. The number of unbranched alkanes of at least 4 members (excludes halogenated alkanes) is 2. The standard InChI is InChI=1S/C13H18BrNO5S/c1-9-11(14)7-10(13(17)18)8-12(9)21(19,20)15-5-3-2-4-6-16/h7-8,15-16H,2-6H2,1H3,(H,17,18). The van der Waals surface area contributed by atoms with Gasteiger partial charge in [0.15, 0.2) is 0 Å². The first kappa shape index (κ1) is 18.1. The van der Waals surface area contributed by atoms with Crippen molar-refractivity contribution in [2.24, 2.45) is 0 Å². The number of halogens is 1. The molecule has 0 unspecified atom stereocenters. The maximum Gasteiger partial charge on any atom is 0.335 e. The summed E-state index contributed by atoms with van der Waals surface area (Å²) in [7, 11) is -3.76. The van der Waals surface area contributed by atoms with Crippen LogP contribution in [0.25, 0.3) is 0 Å². The zero-order valence-corrected chi connectivity index (χ0v) is 14.0. The van der Waals surface area contributed by atoms with Crippen LogP contribution in [0.3, 0.4) is 0 Å². The Hall–Kier alpha value is -0.960. The lowest BCUT2D eigenvalue weighted by Gasteiger charge is -2.11. The molecule has 0 radical (unpaired) electrons. The summed E-state index contributed by atoms with van der Waals surface area (Å²) in [6, 6.07) is 2.52. The molecule has 21 heavy (non-hydrogen) atoms. The average molecular weight is 380 g/mol. The van der Waals surface area contributed by atoms with Gasteiger partial charge in [0.05, 0.1) is 10.5 Å².